The van der Waals surface area contributed by atoms with Crippen LogP contribution in [0.15, 0.2) is 170 Å². The van der Waals surface area contributed by atoms with E-state index in [1.807, 2.05) is 0 Å². The van der Waals surface area contributed by atoms with Crippen molar-refractivity contribution >= 4 is 32.3 Å². The number of benzene rings is 9. The maximum atomic E-state index is 2.54. The first-order valence-electron chi connectivity index (χ1n) is 19.3. The van der Waals surface area contributed by atoms with Crippen molar-refractivity contribution in [2.45, 2.75) is 38.5 Å². The lowest BCUT2D eigenvalue weighted by molar-refractivity contribution is 0.652. The molecule has 0 saturated heterocycles. The Balaban J connectivity index is 1.13. The normalized spacial score (nSPS) is 14.6. The first kappa shape index (κ1) is 31.3. The van der Waals surface area contributed by atoms with E-state index in [-0.39, 0.29) is 10.8 Å². The zero-order valence-electron chi connectivity index (χ0n) is 31.2. The SMILES string of the molecule is CC1(C)c2ccccc2-c2c1cc(-c1ccc(-c3c4ccccc4c(-c4ccc5ccccc5c4)c4ccccc34)cc1)c1c2-c2ccccc2C1(C)C. The van der Waals surface area contributed by atoms with Crippen LogP contribution in [0.4, 0.5) is 0 Å². The van der Waals surface area contributed by atoms with E-state index in [4.69, 9.17) is 0 Å². The highest BCUT2D eigenvalue weighted by molar-refractivity contribution is 6.21. The number of hydrogen-bond donors (Lipinski definition) is 0. The van der Waals surface area contributed by atoms with Gasteiger partial charge in [-0.25, -0.2) is 0 Å². The van der Waals surface area contributed by atoms with Gasteiger partial charge >= 0.3 is 0 Å². The topological polar surface area (TPSA) is 0 Å². The first-order valence-corrected chi connectivity index (χ1v) is 19.3. The Bertz CT molecular complexity index is 2970. The maximum absolute atomic E-state index is 2.54. The minimum atomic E-state index is -0.137. The lowest BCUT2D eigenvalue weighted by atomic mass is 9.75. The highest BCUT2D eigenvalue weighted by Crippen LogP contribution is 2.61. The minimum Gasteiger partial charge on any atom is -0.0619 e. The van der Waals surface area contributed by atoms with Gasteiger partial charge in [0.1, 0.15) is 0 Å². The van der Waals surface area contributed by atoms with Crippen LogP contribution in [0.25, 0.3) is 88.0 Å². The van der Waals surface area contributed by atoms with Crippen LogP contribution in [-0.4, -0.2) is 0 Å². The van der Waals surface area contributed by atoms with Gasteiger partial charge in [-0.05, 0) is 122 Å². The Kier molecular flexibility index (Phi) is 6.46. The summed E-state index contributed by atoms with van der Waals surface area (Å²) in [6.07, 6.45) is 0. The van der Waals surface area contributed by atoms with Crippen LogP contribution in [0.3, 0.4) is 0 Å². The molecule has 0 fully saturated rings. The molecule has 0 bridgehead atoms. The minimum absolute atomic E-state index is 0.0953. The van der Waals surface area contributed by atoms with Gasteiger partial charge in [-0.15, -0.1) is 0 Å². The van der Waals surface area contributed by atoms with E-state index in [1.54, 1.807) is 0 Å². The third kappa shape index (κ3) is 4.20. The van der Waals surface area contributed by atoms with Crippen LogP contribution in [0, 0.1) is 0 Å². The van der Waals surface area contributed by atoms with E-state index in [9.17, 15) is 0 Å². The van der Waals surface area contributed by atoms with E-state index in [2.05, 4.69) is 198 Å². The van der Waals surface area contributed by atoms with Crippen molar-refractivity contribution in [3.05, 3.63) is 192 Å². The van der Waals surface area contributed by atoms with E-state index in [0.29, 0.717) is 0 Å². The molecular weight excluding hydrogens is 649 g/mol. The fourth-order valence-corrected chi connectivity index (χ4v) is 10.3. The molecule has 0 amide bonds. The van der Waals surface area contributed by atoms with Crippen molar-refractivity contribution < 1.29 is 0 Å². The zero-order valence-corrected chi connectivity index (χ0v) is 31.2. The maximum Gasteiger partial charge on any atom is 0.0165 e. The van der Waals surface area contributed by atoms with Crippen LogP contribution >= 0.6 is 0 Å². The van der Waals surface area contributed by atoms with Crippen molar-refractivity contribution in [2.24, 2.45) is 0 Å². The molecule has 0 heterocycles. The summed E-state index contributed by atoms with van der Waals surface area (Å²) in [5.41, 5.74) is 18.8. The molecule has 11 rings (SSSR count). The third-order valence-electron chi connectivity index (χ3n) is 12.8. The molecule has 0 radical (unpaired) electrons. The van der Waals surface area contributed by atoms with E-state index in [0.717, 1.165) is 0 Å². The summed E-state index contributed by atoms with van der Waals surface area (Å²) in [6.45, 7) is 9.65. The Hall–Kier alpha value is -6.24. The summed E-state index contributed by atoms with van der Waals surface area (Å²) in [6, 6.07) is 63.8. The molecule has 0 saturated carbocycles. The fourth-order valence-electron chi connectivity index (χ4n) is 10.3. The Morgan fingerprint density at radius 3 is 1.39 bits per heavy atom. The molecule has 9 aromatic rings. The largest absolute Gasteiger partial charge is 0.0619 e. The van der Waals surface area contributed by atoms with Gasteiger partial charge in [0, 0.05) is 10.8 Å². The summed E-state index contributed by atoms with van der Waals surface area (Å²) in [5.74, 6) is 0. The molecule has 0 atom stereocenters. The van der Waals surface area contributed by atoms with Crippen molar-refractivity contribution in [3.8, 4) is 55.6 Å². The summed E-state index contributed by atoms with van der Waals surface area (Å²) in [5, 5.41) is 7.65. The molecule has 0 unspecified atom stereocenters. The summed E-state index contributed by atoms with van der Waals surface area (Å²) in [4.78, 5) is 0. The monoisotopic (exact) mass is 688 g/mol. The van der Waals surface area contributed by atoms with Gasteiger partial charge in [0.15, 0.2) is 0 Å². The quantitative estimate of drug-likeness (QED) is 0.162. The molecule has 9 aromatic carbocycles. The van der Waals surface area contributed by atoms with E-state index in [1.165, 1.54) is 110 Å². The van der Waals surface area contributed by atoms with Gasteiger partial charge in [0.05, 0.1) is 0 Å². The van der Waals surface area contributed by atoms with Crippen molar-refractivity contribution in [2.75, 3.05) is 0 Å². The summed E-state index contributed by atoms with van der Waals surface area (Å²) < 4.78 is 0. The van der Waals surface area contributed by atoms with E-state index < -0.39 is 0 Å². The Morgan fingerprint density at radius 2 is 0.759 bits per heavy atom. The van der Waals surface area contributed by atoms with E-state index >= 15 is 0 Å². The van der Waals surface area contributed by atoms with Crippen LogP contribution in [0.2, 0.25) is 0 Å². The molecule has 0 aliphatic heterocycles. The van der Waals surface area contributed by atoms with Gasteiger partial charge in [-0.2, -0.15) is 0 Å². The highest BCUT2D eigenvalue weighted by Gasteiger charge is 2.45. The average molecular weight is 689 g/mol. The molecule has 2 aliphatic rings. The molecule has 0 N–H and O–H groups in total. The first-order chi connectivity index (χ1) is 26.3. The Labute approximate surface area is 317 Å². The van der Waals surface area contributed by atoms with Crippen LogP contribution in [0.1, 0.15) is 49.9 Å². The zero-order chi connectivity index (χ0) is 36.3. The van der Waals surface area contributed by atoms with Crippen molar-refractivity contribution in [1.82, 2.24) is 0 Å². The summed E-state index contributed by atoms with van der Waals surface area (Å²) in [7, 11) is 0. The lowest BCUT2D eigenvalue weighted by Crippen LogP contribution is -2.18. The number of rotatable bonds is 3. The molecule has 0 nitrogen and oxygen atoms in total. The smallest absolute Gasteiger partial charge is 0.0165 e. The molecule has 256 valence electrons. The van der Waals surface area contributed by atoms with Crippen LogP contribution in [0.5, 0.6) is 0 Å². The Morgan fingerprint density at radius 1 is 0.296 bits per heavy atom. The van der Waals surface area contributed by atoms with Gasteiger partial charge < -0.3 is 0 Å². The average Bonchev–Trinajstić information content (AvgIpc) is 3.59. The predicted molar refractivity (Wildman–Crippen MR) is 230 cm³/mol. The van der Waals surface area contributed by atoms with Gasteiger partial charge in [0.25, 0.3) is 0 Å². The van der Waals surface area contributed by atoms with Gasteiger partial charge in [-0.1, -0.05) is 185 Å². The van der Waals surface area contributed by atoms with Gasteiger partial charge in [-0.3, -0.25) is 0 Å². The summed E-state index contributed by atoms with van der Waals surface area (Å²) >= 11 is 0. The predicted octanol–water partition coefficient (Wildman–Crippen LogP) is 14.8. The third-order valence-corrected chi connectivity index (χ3v) is 12.8. The highest BCUT2D eigenvalue weighted by atomic mass is 14.5. The molecule has 0 spiro atoms. The molecule has 0 aromatic heterocycles. The van der Waals surface area contributed by atoms with Crippen LogP contribution in [-0.2, 0) is 10.8 Å². The second-order valence-electron chi connectivity index (χ2n) is 16.4. The standard InChI is InChI=1S/C54H40/c1-53(2)45-23-13-11-21-42(45)50-47(53)32-44(52-51(50)43-22-12-14-24-46(43)54(52,3)4)34-26-28-35(29-27-34)48-38-17-7-9-19-40(38)49(41-20-10-8-18-39(41)48)37-30-25-33-15-5-6-16-36(33)31-37/h5-32H,1-4H3. The number of fused-ring (bicyclic) bond motifs is 10. The molecule has 54 heavy (non-hydrogen) atoms. The van der Waals surface area contributed by atoms with Crippen molar-refractivity contribution in [1.29, 1.82) is 0 Å². The fraction of sp³-hybridized carbons (Fsp3) is 0.111. The molecule has 2 aliphatic carbocycles. The molecule has 0 heteroatoms. The van der Waals surface area contributed by atoms with Crippen molar-refractivity contribution in [3.63, 3.8) is 0 Å². The van der Waals surface area contributed by atoms with Crippen LogP contribution < -0.4 is 0 Å². The number of hydrogen-bond acceptors (Lipinski definition) is 0. The lowest BCUT2D eigenvalue weighted by Gasteiger charge is -2.28. The second kappa shape index (κ2) is 11.1. The molecular formula is C54H40. The second-order valence-corrected chi connectivity index (χ2v) is 16.4. The van der Waals surface area contributed by atoms with Gasteiger partial charge in [0.2, 0.25) is 0 Å².